The summed E-state index contributed by atoms with van der Waals surface area (Å²) in [6.07, 6.45) is 0.706. The number of carbonyl (C=O) groups excluding carboxylic acids is 1. The molecule has 1 amide bonds. The molecule has 1 aromatic heterocycles. The quantitative estimate of drug-likeness (QED) is 0.801. The number of hydrogen-bond acceptors (Lipinski definition) is 4. The van der Waals surface area contributed by atoms with Crippen molar-refractivity contribution >= 4 is 17.6 Å². The van der Waals surface area contributed by atoms with E-state index in [-0.39, 0.29) is 11.4 Å². The minimum absolute atomic E-state index is 0.317. The molecular formula is C9H9FN2O4. The van der Waals surface area contributed by atoms with Crippen LogP contribution in [0, 0.1) is 5.82 Å². The first-order valence-corrected chi connectivity index (χ1v) is 4.20. The van der Waals surface area contributed by atoms with Crippen LogP contribution in [0.3, 0.4) is 0 Å². The Hall–Kier alpha value is -2.18. The molecule has 0 spiro atoms. The molecule has 1 heterocycles. The van der Waals surface area contributed by atoms with Gasteiger partial charge in [-0.15, -0.1) is 0 Å². The fourth-order valence-electron chi connectivity index (χ4n) is 1.11. The fraction of sp³-hybridized carbons (Fsp3) is 0.222. The summed E-state index contributed by atoms with van der Waals surface area (Å²) >= 11 is 0. The van der Waals surface area contributed by atoms with Gasteiger partial charge in [-0.1, -0.05) is 0 Å². The van der Waals surface area contributed by atoms with E-state index in [0.29, 0.717) is 6.20 Å². The van der Waals surface area contributed by atoms with Gasteiger partial charge in [0, 0.05) is 6.92 Å². The van der Waals surface area contributed by atoms with E-state index in [1.165, 1.54) is 6.92 Å². The molecule has 0 saturated heterocycles. The van der Waals surface area contributed by atoms with Crippen molar-refractivity contribution in [2.24, 2.45) is 0 Å². The average molecular weight is 228 g/mol. The van der Waals surface area contributed by atoms with Crippen molar-refractivity contribution in [3.8, 4) is 5.75 Å². The minimum Gasteiger partial charge on any atom is -0.492 e. The topological polar surface area (TPSA) is 88.5 Å². The summed E-state index contributed by atoms with van der Waals surface area (Å²) in [4.78, 5) is 24.9. The van der Waals surface area contributed by atoms with Crippen LogP contribution in [0.5, 0.6) is 5.75 Å². The lowest BCUT2D eigenvalue weighted by Gasteiger charge is -2.11. The molecule has 1 rings (SSSR count). The van der Waals surface area contributed by atoms with E-state index < -0.39 is 23.4 Å². The summed E-state index contributed by atoms with van der Waals surface area (Å²) in [5.41, 5.74) is -0.796. The van der Waals surface area contributed by atoms with Crippen LogP contribution < -0.4 is 10.1 Å². The minimum atomic E-state index is -1.37. The van der Waals surface area contributed by atoms with E-state index in [4.69, 9.17) is 9.84 Å². The highest BCUT2D eigenvalue weighted by Gasteiger charge is 2.21. The first-order chi connectivity index (χ1) is 7.47. The van der Waals surface area contributed by atoms with Gasteiger partial charge in [0.25, 0.3) is 0 Å². The number of amides is 1. The Morgan fingerprint density at radius 3 is 2.62 bits per heavy atom. The van der Waals surface area contributed by atoms with Crippen molar-refractivity contribution in [2.45, 2.75) is 6.92 Å². The summed E-state index contributed by atoms with van der Waals surface area (Å²) < 4.78 is 18.0. The van der Waals surface area contributed by atoms with Gasteiger partial charge in [0.15, 0.2) is 17.3 Å². The van der Waals surface area contributed by atoms with Crippen LogP contribution in [0.4, 0.5) is 10.1 Å². The molecule has 2 N–H and O–H groups in total. The molecule has 0 aliphatic heterocycles. The monoisotopic (exact) mass is 228 g/mol. The van der Waals surface area contributed by atoms with Gasteiger partial charge in [-0.2, -0.15) is 0 Å². The molecule has 0 aliphatic carbocycles. The molecule has 0 aliphatic rings. The Kier molecular flexibility index (Phi) is 3.39. The molecule has 7 heteroatoms. The smallest absolute Gasteiger partial charge is 0.358 e. The zero-order valence-corrected chi connectivity index (χ0v) is 8.57. The summed E-state index contributed by atoms with van der Waals surface area (Å²) in [7, 11) is 1.16. The third kappa shape index (κ3) is 2.25. The van der Waals surface area contributed by atoms with E-state index in [1.54, 1.807) is 0 Å². The number of ether oxygens (including phenoxy) is 1. The van der Waals surface area contributed by atoms with Crippen molar-refractivity contribution < 1.29 is 23.8 Å². The number of carboxylic acid groups (broad SMARTS) is 1. The van der Waals surface area contributed by atoms with Gasteiger partial charge < -0.3 is 15.2 Å². The average Bonchev–Trinajstić information content (AvgIpc) is 2.19. The highest BCUT2D eigenvalue weighted by molar-refractivity contribution is 5.96. The Morgan fingerprint density at radius 2 is 2.19 bits per heavy atom. The summed E-state index contributed by atoms with van der Waals surface area (Å²) in [5.74, 6) is -3.09. The maximum atomic E-state index is 13.3. The number of aromatic carboxylic acids is 1. The van der Waals surface area contributed by atoms with Crippen molar-refractivity contribution in [1.82, 2.24) is 4.98 Å². The normalized spacial score (nSPS) is 9.69. The number of nitrogens with zero attached hydrogens (tertiary/aromatic N) is 1. The molecule has 0 unspecified atom stereocenters. The maximum Gasteiger partial charge on any atom is 0.358 e. The lowest BCUT2D eigenvalue weighted by molar-refractivity contribution is -0.114. The maximum absolute atomic E-state index is 13.3. The van der Waals surface area contributed by atoms with E-state index in [9.17, 15) is 14.0 Å². The molecule has 0 bridgehead atoms. The molecule has 0 saturated carbocycles. The van der Waals surface area contributed by atoms with Crippen LogP contribution in [0.15, 0.2) is 6.20 Å². The first kappa shape index (κ1) is 11.9. The van der Waals surface area contributed by atoms with E-state index in [0.717, 1.165) is 7.11 Å². The zero-order chi connectivity index (χ0) is 12.3. The third-order valence-corrected chi connectivity index (χ3v) is 1.70. The van der Waals surface area contributed by atoms with Gasteiger partial charge in [0.05, 0.1) is 13.3 Å². The Bertz CT molecular complexity index is 447. The number of anilines is 1. The van der Waals surface area contributed by atoms with E-state index in [1.807, 2.05) is 0 Å². The second-order valence-electron chi connectivity index (χ2n) is 2.85. The predicted molar refractivity (Wildman–Crippen MR) is 52.0 cm³/mol. The number of rotatable bonds is 3. The highest BCUT2D eigenvalue weighted by Crippen LogP contribution is 2.29. The zero-order valence-electron chi connectivity index (χ0n) is 8.57. The van der Waals surface area contributed by atoms with Gasteiger partial charge in [-0.05, 0) is 0 Å². The van der Waals surface area contributed by atoms with Gasteiger partial charge in [-0.25, -0.2) is 14.2 Å². The van der Waals surface area contributed by atoms with E-state index in [2.05, 4.69) is 10.3 Å². The number of aromatic nitrogens is 1. The second kappa shape index (κ2) is 4.56. The van der Waals surface area contributed by atoms with Crippen molar-refractivity contribution in [3.63, 3.8) is 0 Å². The van der Waals surface area contributed by atoms with Crippen LogP contribution in [0.25, 0.3) is 0 Å². The molecule has 0 fully saturated rings. The molecule has 6 nitrogen and oxygen atoms in total. The van der Waals surface area contributed by atoms with Gasteiger partial charge in [0.2, 0.25) is 5.91 Å². The van der Waals surface area contributed by atoms with Gasteiger partial charge >= 0.3 is 5.97 Å². The molecule has 1 aromatic rings. The molecule has 86 valence electrons. The van der Waals surface area contributed by atoms with Gasteiger partial charge in [0.1, 0.15) is 5.69 Å². The van der Waals surface area contributed by atoms with E-state index >= 15 is 0 Å². The molecular weight excluding hydrogens is 219 g/mol. The number of halogens is 1. The number of hydrogen-bond donors (Lipinski definition) is 2. The Morgan fingerprint density at radius 1 is 1.56 bits per heavy atom. The first-order valence-electron chi connectivity index (χ1n) is 4.20. The van der Waals surface area contributed by atoms with Crippen molar-refractivity contribution in [1.29, 1.82) is 0 Å². The summed E-state index contributed by atoms with van der Waals surface area (Å²) in [6.45, 7) is 1.17. The van der Waals surface area contributed by atoms with Crippen LogP contribution >= 0.6 is 0 Å². The number of pyridine rings is 1. The number of nitrogens with one attached hydrogen (secondary N) is 1. The highest BCUT2D eigenvalue weighted by atomic mass is 19.1. The van der Waals surface area contributed by atoms with Crippen LogP contribution in [0.1, 0.15) is 17.4 Å². The lowest BCUT2D eigenvalue weighted by Crippen LogP contribution is -2.13. The largest absolute Gasteiger partial charge is 0.492 e. The predicted octanol–water partition coefficient (Wildman–Crippen LogP) is 0.886. The van der Waals surface area contributed by atoms with Crippen LogP contribution in [-0.4, -0.2) is 29.1 Å². The van der Waals surface area contributed by atoms with Crippen molar-refractivity contribution in [2.75, 3.05) is 12.4 Å². The van der Waals surface area contributed by atoms with Crippen LogP contribution in [-0.2, 0) is 4.79 Å². The molecule has 0 atom stereocenters. The third-order valence-electron chi connectivity index (χ3n) is 1.70. The molecule has 16 heavy (non-hydrogen) atoms. The number of carbonyl (C=O) groups is 2. The fourth-order valence-corrected chi connectivity index (χ4v) is 1.11. The van der Waals surface area contributed by atoms with Crippen molar-refractivity contribution in [3.05, 3.63) is 17.7 Å². The summed E-state index contributed by atoms with van der Waals surface area (Å²) in [5, 5.41) is 10.9. The molecule has 0 aromatic carbocycles. The Balaban J connectivity index is 3.37. The Labute approximate surface area is 90.1 Å². The second-order valence-corrected chi connectivity index (χ2v) is 2.85. The van der Waals surface area contributed by atoms with Crippen LogP contribution in [0.2, 0.25) is 0 Å². The standard InChI is InChI=1S/C9H9FN2O4/c1-4(13)12-6-5(10)3-11-7(9(14)15)8(6)16-2/h3H,1-2H3,(H,14,15)(H,11,12,13). The molecule has 0 radical (unpaired) electrons. The van der Waals surface area contributed by atoms with Gasteiger partial charge in [-0.3, -0.25) is 4.79 Å². The lowest BCUT2D eigenvalue weighted by atomic mass is 10.2. The number of methoxy groups -OCH3 is 1. The SMILES string of the molecule is COc1c(C(=O)O)ncc(F)c1NC(C)=O. The summed E-state index contributed by atoms with van der Waals surface area (Å²) in [6, 6.07) is 0. The number of carboxylic acids is 1.